The van der Waals surface area contributed by atoms with Gasteiger partial charge in [-0.3, -0.25) is 9.59 Å². The summed E-state index contributed by atoms with van der Waals surface area (Å²) in [6, 6.07) is 5.61. The van der Waals surface area contributed by atoms with Gasteiger partial charge in [0.25, 0.3) is 5.91 Å². The number of Topliss-reactive ketones (excluding diaryl/α,β-unsaturated/α-hetero) is 1. The summed E-state index contributed by atoms with van der Waals surface area (Å²) in [5.41, 5.74) is 0.279. The van der Waals surface area contributed by atoms with Gasteiger partial charge >= 0.3 is 0 Å². The van der Waals surface area contributed by atoms with Crippen molar-refractivity contribution in [3.63, 3.8) is 0 Å². The smallest absolute Gasteiger partial charge is 0.258 e. The molecule has 1 spiro atoms. The van der Waals surface area contributed by atoms with Crippen LogP contribution in [0.5, 0.6) is 11.5 Å². The van der Waals surface area contributed by atoms with Crippen molar-refractivity contribution in [2.45, 2.75) is 63.0 Å². The molecule has 1 aliphatic heterocycles. The molecule has 128 valence electrons. The fourth-order valence-corrected chi connectivity index (χ4v) is 3.68. The van der Waals surface area contributed by atoms with Gasteiger partial charge in [0.05, 0.1) is 12.0 Å². The van der Waals surface area contributed by atoms with Crippen molar-refractivity contribution < 1.29 is 19.1 Å². The maximum atomic E-state index is 12.6. The number of ether oxygens (including phenoxy) is 2. The highest BCUT2D eigenvalue weighted by atomic mass is 16.5. The number of fused-ring (bicyclic) bond motifs is 1. The molecule has 3 aliphatic rings. The molecule has 0 aromatic heterocycles. The highest BCUT2D eigenvalue weighted by Crippen LogP contribution is 2.42. The number of nitrogens with one attached hydrogen (secondary N) is 1. The third-order valence-corrected chi connectivity index (χ3v) is 5.14. The molecular weight excluding hydrogens is 306 g/mol. The molecule has 1 aromatic carbocycles. The maximum absolute atomic E-state index is 12.6. The molecule has 2 aliphatic carbocycles. The first-order valence-electron chi connectivity index (χ1n) is 8.92. The minimum atomic E-state index is -0.297. The van der Waals surface area contributed by atoms with Gasteiger partial charge < -0.3 is 14.8 Å². The molecule has 1 heterocycles. The zero-order valence-corrected chi connectivity index (χ0v) is 13.8. The Hall–Kier alpha value is -2.04. The molecule has 2 fully saturated rings. The molecule has 4 rings (SSSR count). The van der Waals surface area contributed by atoms with E-state index in [4.69, 9.17) is 9.47 Å². The van der Waals surface area contributed by atoms with E-state index in [0.717, 1.165) is 38.5 Å². The molecule has 1 aromatic rings. The summed E-state index contributed by atoms with van der Waals surface area (Å²) in [4.78, 5) is 24.3. The van der Waals surface area contributed by atoms with Crippen LogP contribution in [-0.2, 0) is 4.79 Å². The lowest BCUT2D eigenvalue weighted by Crippen LogP contribution is -2.43. The van der Waals surface area contributed by atoms with Gasteiger partial charge in [0.15, 0.2) is 12.4 Å². The predicted molar refractivity (Wildman–Crippen MR) is 88.5 cm³/mol. The minimum Gasteiger partial charge on any atom is -0.486 e. The second-order valence-corrected chi connectivity index (χ2v) is 7.23. The number of benzene rings is 1. The Balaban J connectivity index is 1.44. The van der Waals surface area contributed by atoms with Crippen molar-refractivity contribution in [3.8, 4) is 11.5 Å². The van der Waals surface area contributed by atoms with E-state index in [2.05, 4.69) is 5.32 Å². The van der Waals surface area contributed by atoms with Crippen molar-refractivity contribution in [1.82, 2.24) is 5.32 Å². The highest BCUT2D eigenvalue weighted by Gasteiger charge is 2.41. The Morgan fingerprint density at radius 3 is 2.79 bits per heavy atom. The van der Waals surface area contributed by atoms with Crippen LogP contribution < -0.4 is 14.8 Å². The number of hydrogen-bond acceptors (Lipinski definition) is 4. The fraction of sp³-hybridized carbons (Fsp3) is 0.579. The Bertz CT molecular complexity index is 659. The van der Waals surface area contributed by atoms with Gasteiger partial charge in [0.2, 0.25) is 0 Å². The first-order chi connectivity index (χ1) is 11.6. The van der Waals surface area contributed by atoms with Gasteiger partial charge in [-0.25, -0.2) is 0 Å². The summed E-state index contributed by atoms with van der Waals surface area (Å²) in [5, 5.41) is 2.88. The fourth-order valence-electron chi connectivity index (χ4n) is 3.68. The number of hydrogen-bond donors (Lipinski definition) is 1. The molecule has 24 heavy (non-hydrogen) atoms. The van der Waals surface area contributed by atoms with E-state index in [1.165, 1.54) is 6.42 Å². The van der Waals surface area contributed by atoms with Crippen LogP contribution in [0.2, 0.25) is 0 Å². The summed E-state index contributed by atoms with van der Waals surface area (Å²) >= 11 is 0. The lowest BCUT2D eigenvalue weighted by Gasteiger charge is -2.40. The second kappa shape index (κ2) is 6.11. The average molecular weight is 329 g/mol. The number of carbonyl (C=O) groups excluding carboxylic acids is 2. The van der Waals surface area contributed by atoms with Crippen LogP contribution in [-0.4, -0.2) is 29.9 Å². The van der Waals surface area contributed by atoms with Crippen LogP contribution in [0.15, 0.2) is 18.2 Å². The molecule has 5 nitrogen and oxygen atoms in total. The number of rotatable bonds is 4. The van der Waals surface area contributed by atoms with E-state index in [1.807, 2.05) is 0 Å². The van der Waals surface area contributed by atoms with Gasteiger partial charge in [-0.2, -0.15) is 0 Å². The van der Waals surface area contributed by atoms with Crippen molar-refractivity contribution >= 4 is 11.7 Å². The maximum Gasteiger partial charge on any atom is 0.258 e. The van der Waals surface area contributed by atoms with Crippen molar-refractivity contribution in [2.24, 2.45) is 0 Å². The monoisotopic (exact) mass is 329 g/mol. The van der Waals surface area contributed by atoms with E-state index in [0.29, 0.717) is 29.5 Å². The topological polar surface area (TPSA) is 64.6 Å². The first kappa shape index (κ1) is 15.5. The largest absolute Gasteiger partial charge is 0.486 e. The molecule has 1 N–H and O–H groups in total. The second-order valence-electron chi connectivity index (χ2n) is 7.23. The molecule has 1 amide bonds. The lowest BCUT2D eigenvalue weighted by atomic mass is 9.78. The number of ketones is 1. The molecule has 2 saturated carbocycles. The standard InChI is InChI=1S/C19H23NO4/c21-16-11-19(8-2-1-3-9-19)24-17-7-6-14(10-15(16)17)23-12-18(22)20-13-4-5-13/h6-7,10,13H,1-5,8-9,11-12H2,(H,20,22). The summed E-state index contributed by atoms with van der Waals surface area (Å²) in [7, 11) is 0. The van der Waals surface area contributed by atoms with Crippen molar-refractivity contribution in [2.75, 3.05) is 6.61 Å². The molecule has 0 bridgehead atoms. The predicted octanol–water partition coefficient (Wildman–Crippen LogP) is 3.01. The summed E-state index contributed by atoms with van der Waals surface area (Å²) in [6.45, 7) is -0.0196. The van der Waals surface area contributed by atoms with E-state index in [9.17, 15) is 9.59 Å². The minimum absolute atomic E-state index is 0.0196. The van der Waals surface area contributed by atoms with Crippen molar-refractivity contribution in [3.05, 3.63) is 23.8 Å². The number of amides is 1. The van der Waals surface area contributed by atoms with Crippen LogP contribution in [0.25, 0.3) is 0 Å². The Labute approximate surface area is 141 Å². The lowest BCUT2D eigenvalue weighted by molar-refractivity contribution is -0.123. The highest BCUT2D eigenvalue weighted by molar-refractivity contribution is 6.00. The van der Waals surface area contributed by atoms with Gasteiger partial charge in [-0.1, -0.05) is 6.42 Å². The molecular formula is C19H23NO4. The quantitative estimate of drug-likeness (QED) is 0.922. The third kappa shape index (κ3) is 3.25. The average Bonchev–Trinajstić information content (AvgIpc) is 3.38. The van der Waals surface area contributed by atoms with Gasteiger partial charge in [0, 0.05) is 6.04 Å². The van der Waals surface area contributed by atoms with Crippen LogP contribution in [0.3, 0.4) is 0 Å². The molecule has 0 atom stereocenters. The van der Waals surface area contributed by atoms with Crippen LogP contribution in [0.4, 0.5) is 0 Å². The summed E-state index contributed by atoms with van der Waals surface area (Å²) in [5.74, 6) is 1.20. The Morgan fingerprint density at radius 1 is 1.25 bits per heavy atom. The van der Waals surface area contributed by atoms with E-state index < -0.39 is 0 Å². The first-order valence-corrected chi connectivity index (χ1v) is 8.92. The van der Waals surface area contributed by atoms with E-state index >= 15 is 0 Å². The van der Waals surface area contributed by atoms with Crippen LogP contribution in [0, 0.1) is 0 Å². The molecule has 5 heteroatoms. The Morgan fingerprint density at radius 2 is 2.04 bits per heavy atom. The van der Waals surface area contributed by atoms with Crippen LogP contribution in [0.1, 0.15) is 61.7 Å². The molecule has 0 radical (unpaired) electrons. The number of carbonyl (C=O) groups is 2. The molecule has 0 unspecified atom stereocenters. The zero-order valence-electron chi connectivity index (χ0n) is 13.8. The summed E-state index contributed by atoms with van der Waals surface area (Å²) in [6.07, 6.45) is 7.94. The normalized spacial score (nSPS) is 21.8. The van der Waals surface area contributed by atoms with E-state index in [1.54, 1.807) is 18.2 Å². The SMILES string of the molecule is O=C(COc1ccc2c(c1)C(=O)CC1(CCCCC1)O2)NC1CC1. The van der Waals surface area contributed by atoms with Crippen LogP contribution >= 0.6 is 0 Å². The third-order valence-electron chi connectivity index (χ3n) is 5.14. The zero-order chi connectivity index (χ0) is 16.6. The van der Waals surface area contributed by atoms with Gasteiger partial charge in [-0.05, 0) is 56.7 Å². The van der Waals surface area contributed by atoms with Gasteiger partial charge in [-0.15, -0.1) is 0 Å². The summed E-state index contributed by atoms with van der Waals surface area (Å²) < 4.78 is 11.7. The van der Waals surface area contributed by atoms with Crippen molar-refractivity contribution in [1.29, 1.82) is 0 Å². The Kier molecular flexibility index (Phi) is 3.94. The van der Waals surface area contributed by atoms with Gasteiger partial charge in [0.1, 0.15) is 17.1 Å². The van der Waals surface area contributed by atoms with E-state index in [-0.39, 0.29) is 23.9 Å². The molecule has 0 saturated heterocycles.